The molecule has 0 atom stereocenters. The summed E-state index contributed by atoms with van der Waals surface area (Å²) >= 11 is 0. The number of rotatable bonds is 3. The fourth-order valence-electron chi connectivity index (χ4n) is 1.58. The SMILES string of the molecule is COc1ccc(F)c(Nc2nc(C)cn2C)c1. The number of aromatic nitrogens is 2. The smallest absolute Gasteiger partial charge is 0.207 e. The summed E-state index contributed by atoms with van der Waals surface area (Å²) in [5.41, 5.74) is 1.22. The summed E-state index contributed by atoms with van der Waals surface area (Å²) < 4.78 is 20.4. The van der Waals surface area contributed by atoms with Crippen molar-refractivity contribution in [2.24, 2.45) is 7.05 Å². The van der Waals surface area contributed by atoms with Crippen molar-refractivity contribution in [3.05, 3.63) is 35.9 Å². The third-order valence-corrected chi connectivity index (χ3v) is 2.42. The predicted octanol–water partition coefficient (Wildman–Crippen LogP) is 2.62. The molecule has 1 aromatic heterocycles. The predicted molar refractivity (Wildman–Crippen MR) is 64.2 cm³/mol. The van der Waals surface area contributed by atoms with Gasteiger partial charge in [0, 0.05) is 19.3 Å². The van der Waals surface area contributed by atoms with Gasteiger partial charge in [0.1, 0.15) is 11.6 Å². The molecule has 17 heavy (non-hydrogen) atoms. The molecule has 0 aliphatic rings. The zero-order valence-corrected chi connectivity index (χ0v) is 9.99. The van der Waals surface area contributed by atoms with Gasteiger partial charge in [-0.2, -0.15) is 0 Å². The zero-order valence-electron chi connectivity index (χ0n) is 9.99. The molecule has 0 aliphatic carbocycles. The molecule has 0 saturated heterocycles. The Kier molecular flexibility index (Phi) is 2.99. The lowest BCUT2D eigenvalue weighted by atomic mass is 10.3. The van der Waals surface area contributed by atoms with Crippen LogP contribution in [0, 0.1) is 12.7 Å². The second kappa shape index (κ2) is 4.45. The first-order valence-corrected chi connectivity index (χ1v) is 5.20. The number of methoxy groups -OCH3 is 1. The number of ether oxygens (including phenoxy) is 1. The van der Waals surface area contributed by atoms with Crippen LogP contribution in [-0.4, -0.2) is 16.7 Å². The number of anilines is 2. The van der Waals surface area contributed by atoms with Crippen molar-refractivity contribution >= 4 is 11.6 Å². The molecule has 5 heteroatoms. The van der Waals surface area contributed by atoms with E-state index in [1.807, 2.05) is 20.2 Å². The Labute approximate surface area is 99.1 Å². The molecule has 0 aliphatic heterocycles. The second-order valence-corrected chi connectivity index (χ2v) is 3.79. The number of halogens is 1. The lowest BCUT2D eigenvalue weighted by molar-refractivity contribution is 0.414. The van der Waals surface area contributed by atoms with Crippen molar-refractivity contribution in [2.45, 2.75) is 6.92 Å². The monoisotopic (exact) mass is 235 g/mol. The zero-order chi connectivity index (χ0) is 12.4. The number of nitrogens with zero attached hydrogens (tertiary/aromatic N) is 2. The number of benzene rings is 1. The average molecular weight is 235 g/mol. The Morgan fingerprint density at radius 3 is 2.76 bits per heavy atom. The van der Waals surface area contributed by atoms with Crippen LogP contribution < -0.4 is 10.1 Å². The van der Waals surface area contributed by atoms with Gasteiger partial charge in [0.15, 0.2) is 0 Å². The summed E-state index contributed by atoms with van der Waals surface area (Å²) in [6.45, 7) is 1.88. The molecule has 1 N–H and O–H groups in total. The Morgan fingerprint density at radius 2 is 2.18 bits per heavy atom. The van der Waals surface area contributed by atoms with E-state index in [4.69, 9.17) is 4.74 Å². The highest BCUT2D eigenvalue weighted by Crippen LogP contribution is 2.24. The van der Waals surface area contributed by atoms with Gasteiger partial charge < -0.3 is 14.6 Å². The Hall–Kier alpha value is -2.04. The normalized spacial score (nSPS) is 10.4. The van der Waals surface area contributed by atoms with E-state index in [-0.39, 0.29) is 5.82 Å². The topological polar surface area (TPSA) is 39.1 Å². The van der Waals surface area contributed by atoms with Crippen molar-refractivity contribution in [1.29, 1.82) is 0 Å². The van der Waals surface area contributed by atoms with Gasteiger partial charge in [-0.3, -0.25) is 0 Å². The van der Waals surface area contributed by atoms with Gasteiger partial charge in [0.25, 0.3) is 0 Å². The van der Waals surface area contributed by atoms with Gasteiger partial charge in [-0.15, -0.1) is 0 Å². The molecule has 0 spiro atoms. The fraction of sp³-hybridized carbons (Fsp3) is 0.250. The maximum atomic E-state index is 13.6. The standard InChI is InChI=1S/C12H14FN3O/c1-8-7-16(2)12(14-8)15-11-6-9(17-3)4-5-10(11)13/h4-7H,1-3H3,(H,14,15). The molecule has 90 valence electrons. The summed E-state index contributed by atoms with van der Waals surface area (Å²) in [6.07, 6.45) is 1.86. The van der Waals surface area contributed by atoms with Crippen molar-refractivity contribution in [1.82, 2.24) is 9.55 Å². The van der Waals surface area contributed by atoms with Gasteiger partial charge in [-0.25, -0.2) is 9.37 Å². The molecule has 0 fully saturated rings. The molecule has 0 bridgehead atoms. The maximum absolute atomic E-state index is 13.6. The summed E-state index contributed by atoms with van der Waals surface area (Å²) in [6, 6.07) is 4.53. The van der Waals surface area contributed by atoms with Crippen molar-refractivity contribution in [3.63, 3.8) is 0 Å². The summed E-state index contributed by atoms with van der Waals surface area (Å²) in [4.78, 5) is 4.25. The van der Waals surface area contributed by atoms with Crippen LogP contribution in [0.3, 0.4) is 0 Å². The third-order valence-electron chi connectivity index (χ3n) is 2.42. The molecular formula is C12H14FN3O. The fourth-order valence-corrected chi connectivity index (χ4v) is 1.58. The van der Waals surface area contributed by atoms with Crippen LogP contribution in [0.5, 0.6) is 5.75 Å². The van der Waals surface area contributed by atoms with Crippen LogP contribution in [0.1, 0.15) is 5.69 Å². The summed E-state index contributed by atoms with van der Waals surface area (Å²) in [7, 11) is 3.39. The molecule has 0 unspecified atom stereocenters. The van der Waals surface area contributed by atoms with Crippen LogP contribution in [0.2, 0.25) is 0 Å². The van der Waals surface area contributed by atoms with E-state index < -0.39 is 0 Å². The van der Waals surface area contributed by atoms with E-state index >= 15 is 0 Å². The van der Waals surface area contributed by atoms with Crippen LogP contribution in [-0.2, 0) is 7.05 Å². The minimum Gasteiger partial charge on any atom is -0.497 e. The molecule has 0 amide bonds. The van der Waals surface area contributed by atoms with E-state index in [0.717, 1.165) is 5.69 Å². The quantitative estimate of drug-likeness (QED) is 0.888. The van der Waals surface area contributed by atoms with Gasteiger partial charge >= 0.3 is 0 Å². The molecular weight excluding hydrogens is 221 g/mol. The van der Waals surface area contributed by atoms with Crippen molar-refractivity contribution in [3.8, 4) is 5.75 Å². The number of hydrogen-bond acceptors (Lipinski definition) is 3. The Morgan fingerprint density at radius 1 is 1.41 bits per heavy atom. The lowest BCUT2D eigenvalue weighted by Gasteiger charge is -2.08. The molecule has 0 radical (unpaired) electrons. The van der Waals surface area contributed by atoms with Gasteiger partial charge in [-0.1, -0.05) is 0 Å². The van der Waals surface area contributed by atoms with E-state index in [1.165, 1.54) is 6.07 Å². The first-order valence-electron chi connectivity index (χ1n) is 5.20. The summed E-state index contributed by atoms with van der Waals surface area (Å²) in [5.74, 6) is 0.848. The van der Waals surface area contributed by atoms with E-state index in [1.54, 1.807) is 23.8 Å². The number of hydrogen-bond donors (Lipinski definition) is 1. The van der Waals surface area contributed by atoms with Crippen molar-refractivity contribution < 1.29 is 9.13 Å². The Bertz CT molecular complexity index is 537. The van der Waals surface area contributed by atoms with Crippen LogP contribution in [0.25, 0.3) is 0 Å². The highest BCUT2D eigenvalue weighted by molar-refractivity contribution is 5.57. The number of imidazole rings is 1. The van der Waals surface area contributed by atoms with Crippen LogP contribution in [0.4, 0.5) is 16.0 Å². The molecule has 4 nitrogen and oxygen atoms in total. The highest BCUT2D eigenvalue weighted by Gasteiger charge is 2.07. The van der Waals surface area contributed by atoms with E-state index in [0.29, 0.717) is 17.4 Å². The molecule has 2 aromatic rings. The minimum atomic E-state index is -0.341. The number of nitrogens with one attached hydrogen (secondary N) is 1. The average Bonchev–Trinajstić information content (AvgIpc) is 2.60. The number of aryl methyl sites for hydroxylation is 2. The van der Waals surface area contributed by atoms with Gasteiger partial charge in [-0.05, 0) is 19.1 Å². The largest absolute Gasteiger partial charge is 0.497 e. The molecule has 1 aromatic carbocycles. The first-order chi connectivity index (χ1) is 8.10. The molecule has 0 saturated carbocycles. The van der Waals surface area contributed by atoms with Crippen molar-refractivity contribution in [2.75, 3.05) is 12.4 Å². The molecule has 2 rings (SSSR count). The lowest BCUT2D eigenvalue weighted by Crippen LogP contribution is -2.00. The van der Waals surface area contributed by atoms with E-state index in [2.05, 4.69) is 10.3 Å². The Balaban J connectivity index is 2.32. The third kappa shape index (κ3) is 2.38. The first kappa shape index (κ1) is 11.4. The van der Waals surface area contributed by atoms with Crippen LogP contribution >= 0.6 is 0 Å². The maximum Gasteiger partial charge on any atom is 0.207 e. The second-order valence-electron chi connectivity index (χ2n) is 3.79. The van der Waals surface area contributed by atoms with Crippen LogP contribution in [0.15, 0.2) is 24.4 Å². The molecule has 1 heterocycles. The van der Waals surface area contributed by atoms with Gasteiger partial charge in [0.05, 0.1) is 18.5 Å². The minimum absolute atomic E-state index is 0.341. The highest BCUT2D eigenvalue weighted by atomic mass is 19.1. The van der Waals surface area contributed by atoms with E-state index in [9.17, 15) is 4.39 Å². The summed E-state index contributed by atoms with van der Waals surface area (Å²) in [5, 5.41) is 2.93. The van der Waals surface area contributed by atoms with Gasteiger partial charge in [0.2, 0.25) is 5.95 Å².